The Hall–Kier alpha value is -2.94. The number of imidazole rings is 1. The number of amides is 1. The van der Waals surface area contributed by atoms with Crippen LogP contribution in [0.2, 0.25) is 0 Å². The molecule has 0 aliphatic carbocycles. The zero-order valence-corrected chi connectivity index (χ0v) is 15.4. The van der Waals surface area contributed by atoms with Gasteiger partial charge in [0.15, 0.2) is 0 Å². The van der Waals surface area contributed by atoms with Crippen molar-refractivity contribution >= 4 is 18.8 Å². The Balaban J connectivity index is 1.77. The Morgan fingerprint density at radius 2 is 2.14 bits per heavy atom. The fourth-order valence-electron chi connectivity index (χ4n) is 2.95. The van der Waals surface area contributed by atoms with E-state index >= 15 is 0 Å². The van der Waals surface area contributed by atoms with E-state index in [1.807, 2.05) is 13.1 Å². The third-order valence-electron chi connectivity index (χ3n) is 4.48. The van der Waals surface area contributed by atoms with E-state index < -0.39 is 18.0 Å². The summed E-state index contributed by atoms with van der Waals surface area (Å²) >= 11 is 0. The number of aromatic nitrogens is 3. The summed E-state index contributed by atoms with van der Waals surface area (Å²) in [6.07, 6.45) is 2.54. The van der Waals surface area contributed by atoms with Gasteiger partial charge in [-0.25, -0.2) is 23.7 Å². The van der Waals surface area contributed by atoms with Gasteiger partial charge >= 0.3 is 0 Å². The van der Waals surface area contributed by atoms with E-state index in [0.29, 0.717) is 19.1 Å². The standard InChI is InChI=1S/C19H21F2N5O2/c1-12-23-16(13-6-8-28-9-7-13)10-26(12)11-17(22-2)25-19(27)15-5-3-4-14(24-15)18(20)21/h3-5,10-11,13,18H,2,6-9H2,1H3,(H,25,27)/b17-11+. The van der Waals surface area contributed by atoms with Crippen molar-refractivity contribution in [3.8, 4) is 0 Å². The van der Waals surface area contributed by atoms with Crippen molar-refractivity contribution in [3.05, 3.63) is 53.1 Å². The zero-order chi connectivity index (χ0) is 20.1. The Morgan fingerprint density at radius 1 is 1.39 bits per heavy atom. The van der Waals surface area contributed by atoms with Crippen LogP contribution >= 0.6 is 0 Å². The Kier molecular flexibility index (Phi) is 6.25. The molecule has 0 unspecified atom stereocenters. The minimum atomic E-state index is -2.75. The van der Waals surface area contributed by atoms with Gasteiger partial charge in [0.25, 0.3) is 12.3 Å². The van der Waals surface area contributed by atoms with E-state index in [9.17, 15) is 13.6 Å². The molecule has 0 bridgehead atoms. The zero-order valence-electron chi connectivity index (χ0n) is 15.4. The molecule has 1 N–H and O–H groups in total. The minimum Gasteiger partial charge on any atom is -0.381 e. The molecule has 0 aromatic carbocycles. The Morgan fingerprint density at radius 3 is 2.82 bits per heavy atom. The molecule has 2 aromatic heterocycles. The van der Waals surface area contributed by atoms with Crippen molar-refractivity contribution in [2.24, 2.45) is 4.99 Å². The lowest BCUT2D eigenvalue weighted by atomic mass is 9.97. The molecule has 0 spiro atoms. The molecule has 2 aromatic rings. The van der Waals surface area contributed by atoms with Crippen molar-refractivity contribution in [1.29, 1.82) is 0 Å². The highest BCUT2D eigenvalue weighted by atomic mass is 19.3. The average Bonchev–Trinajstić information content (AvgIpc) is 3.08. The Bertz CT molecular complexity index is 888. The quantitative estimate of drug-likeness (QED) is 0.769. The highest BCUT2D eigenvalue weighted by Crippen LogP contribution is 2.26. The topological polar surface area (TPSA) is 81.4 Å². The van der Waals surface area contributed by atoms with E-state index in [0.717, 1.165) is 30.4 Å². The fourth-order valence-corrected chi connectivity index (χ4v) is 2.95. The first-order valence-corrected chi connectivity index (χ1v) is 8.86. The molecule has 1 aliphatic heterocycles. The van der Waals surface area contributed by atoms with Gasteiger partial charge in [-0.1, -0.05) is 6.07 Å². The van der Waals surface area contributed by atoms with Crippen LogP contribution in [0.4, 0.5) is 8.78 Å². The predicted octanol–water partition coefficient (Wildman–Crippen LogP) is 3.30. The van der Waals surface area contributed by atoms with Crippen molar-refractivity contribution in [1.82, 2.24) is 19.9 Å². The number of aryl methyl sites for hydroxylation is 1. The number of pyridine rings is 1. The van der Waals surface area contributed by atoms with Gasteiger partial charge in [-0.2, -0.15) is 0 Å². The molecule has 148 valence electrons. The van der Waals surface area contributed by atoms with Crippen molar-refractivity contribution < 1.29 is 18.3 Å². The van der Waals surface area contributed by atoms with Gasteiger partial charge in [0, 0.05) is 25.3 Å². The van der Waals surface area contributed by atoms with Crippen LogP contribution in [0, 0.1) is 6.92 Å². The lowest BCUT2D eigenvalue weighted by Gasteiger charge is -2.19. The second-order valence-electron chi connectivity index (χ2n) is 6.38. The van der Waals surface area contributed by atoms with Gasteiger partial charge in [-0.3, -0.25) is 4.79 Å². The van der Waals surface area contributed by atoms with Crippen molar-refractivity contribution in [2.75, 3.05) is 13.2 Å². The first-order chi connectivity index (χ1) is 13.5. The van der Waals surface area contributed by atoms with Crippen molar-refractivity contribution in [2.45, 2.75) is 32.1 Å². The highest BCUT2D eigenvalue weighted by molar-refractivity contribution is 5.93. The maximum absolute atomic E-state index is 12.8. The maximum atomic E-state index is 12.8. The van der Waals surface area contributed by atoms with Crippen LogP contribution in [0.5, 0.6) is 0 Å². The summed E-state index contributed by atoms with van der Waals surface area (Å²) in [6, 6.07) is 3.87. The molecule has 1 amide bonds. The smallest absolute Gasteiger partial charge is 0.280 e. The maximum Gasteiger partial charge on any atom is 0.280 e. The number of hydrogen-bond donors (Lipinski definition) is 1. The average molecular weight is 389 g/mol. The molecule has 0 radical (unpaired) electrons. The lowest BCUT2D eigenvalue weighted by molar-refractivity contribution is 0.0845. The fraction of sp³-hybridized carbons (Fsp3) is 0.368. The van der Waals surface area contributed by atoms with Crippen molar-refractivity contribution in [3.63, 3.8) is 0 Å². The summed E-state index contributed by atoms with van der Waals surface area (Å²) in [4.78, 5) is 24.4. The van der Waals surface area contributed by atoms with Crippen LogP contribution in [-0.2, 0) is 4.74 Å². The molecule has 1 fully saturated rings. The SMILES string of the molecule is C=N/C(=C\n1cc(C2CCOCC2)nc1C)NC(=O)c1cccc(C(F)F)n1. The van der Waals surface area contributed by atoms with Crippen LogP contribution in [0.25, 0.3) is 6.20 Å². The highest BCUT2D eigenvalue weighted by Gasteiger charge is 2.19. The number of ether oxygens (including phenoxy) is 1. The molecule has 3 rings (SSSR count). The van der Waals surface area contributed by atoms with Gasteiger partial charge in [0.05, 0.1) is 11.9 Å². The molecule has 0 atom stereocenters. The number of hydrogen-bond acceptors (Lipinski definition) is 5. The summed E-state index contributed by atoms with van der Waals surface area (Å²) in [5.74, 6) is 0.574. The number of halogens is 2. The summed E-state index contributed by atoms with van der Waals surface area (Å²) in [5, 5.41) is 2.53. The summed E-state index contributed by atoms with van der Waals surface area (Å²) in [6.45, 7) is 6.72. The van der Waals surface area contributed by atoms with E-state index in [-0.39, 0.29) is 11.5 Å². The normalized spacial score (nSPS) is 15.6. The minimum absolute atomic E-state index is 0.127. The largest absolute Gasteiger partial charge is 0.381 e. The number of nitrogens with zero attached hydrogens (tertiary/aromatic N) is 4. The van der Waals surface area contributed by atoms with Gasteiger partial charge < -0.3 is 14.6 Å². The number of nitrogens with one attached hydrogen (secondary N) is 1. The van der Waals surface area contributed by atoms with Crippen LogP contribution in [0.3, 0.4) is 0 Å². The molecule has 1 aliphatic rings. The third-order valence-corrected chi connectivity index (χ3v) is 4.48. The van der Waals surface area contributed by atoms with E-state index in [1.165, 1.54) is 12.1 Å². The van der Waals surface area contributed by atoms with Gasteiger partial charge in [0.1, 0.15) is 23.0 Å². The number of alkyl halides is 2. The Labute approximate surface area is 161 Å². The van der Waals surface area contributed by atoms with Crippen LogP contribution in [0.1, 0.15) is 52.9 Å². The van der Waals surface area contributed by atoms with E-state index in [1.54, 1.807) is 10.8 Å². The van der Waals surface area contributed by atoms with Gasteiger partial charge in [-0.15, -0.1) is 0 Å². The molecule has 7 nitrogen and oxygen atoms in total. The molecule has 3 heterocycles. The van der Waals surface area contributed by atoms with Crippen LogP contribution in [0.15, 0.2) is 35.2 Å². The first kappa shape index (κ1) is 19.8. The first-order valence-electron chi connectivity index (χ1n) is 8.86. The summed E-state index contributed by atoms with van der Waals surface area (Å²) in [5.41, 5.74) is 0.368. The molecule has 9 heteroatoms. The van der Waals surface area contributed by atoms with E-state index in [4.69, 9.17) is 4.74 Å². The lowest BCUT2D eigenvalue weighted by Crippen LogP contribution is -2.23. The molecular formula is C19H21F2N5O2. The second kappa shape index (κ2) is 8.83. The number of aliphatic imine (C=N–C) groups is 1. The third kappa shape index (κ3) is 4.66. The number of carbonyl (C=O) groups is 1. The van der Waals surface area contributed by atoms with Gasteiger partial charge in [-0.05, 0) is 38.6 Å². The monoisotopic (exact) mass is 389 g/mol. The van der Waals surface area contributed by atoms with Crippen LogP contribution in [-0.4, -0.2) is 40.4 Å². The predicted molar refractivity (Wildman–Crippen MR) is 100 cm³/mol. The van der Waals surface area contributed by atoms with Gasteiger partial charge in [0.2, 0.25) is 0 Å². The molecule has 28 heavy (non-hydrogen) atoms. The van der Waals surface area contributed by atoms with Crippen LogP contribution < -0.4 is 5.32 Å². The summed E-state index contributed by atoms with van der Waals surface area (Å²) < 4.78 is 32.7. The molecule has 1 saturated heterocycles. The number of rotatable bonds is 6. The number of carbonyl (C=O) groups excluding carboxylic acids is 1. The summed E-state index contributed by atoms with van der Waals surface area (Å²) in [7, 11) is 0. The molecule has 0 saturated carbocycles. The molecular weight excluding hydrogens is 368 g/mol. The second-order valence-corrected chi connectivity index (χ2v) is 6.38. The van der Waals surface area contributed by atoms with E-state index in [2.05, 4.69) is 27.0 Å².